The fraction of sp³-hybridized carbons (Fsp3) is 0.797. The number of hydrogen-bond donors (Lipinski definition) is 0. The number of carbonyl (C=O) groups excluding carboxylic acids is 3. The van der Waals surface area contributed by atoms with Gasteiger partial charge < -0.3 is 14.2 Å². The lowest BCUT2D eigenvalue weighted by Gasteiger charge is -2.18. The molecule has 0 saturated carbocycles. The average molecular weight is 1120 g/mol. The summed E-state index contributed by atoms with van der Waals surface area (Å²) in [6, 6.07) is 0. The molecule has 0 amide bonds. The van der Waals surface area contributed by atoms with Gasteiger partial charge >= 0.3 is 17.9 Å². The van der Waals surface area contributed by atoms with Crippen molar-refractivity contribution in [3.8, 4) is 0 Å². The third-order valence-electron chi connectivity index (χ3n) is 15.4. The molecule has 0 aliphatic carbocycles. The van der Waals surface area contributed by atoms with Crippen LogP contribution in [0.5, 0.6) is 0 Å². The number of unbranched alkanes of at least 4 members (excludes halogenated alkanes) is 41. The molecular formula is C74H132O6. The number of ether oxygens (including phenoxy) is 3. The summed E-state index contributed by atoms with van der Waals surface area (Å²) in [5.41, 5.74) is 0. The Balaban J connectivity index is 4.20. The molecule has 0 spiro atoms. The maximum atomic E-state index is 12.9. The van der Waals surface area contributed by atoms with Crippen LogP contribution in [0, 0.1) is 0 Å². The number of carbonyl (C=O) groups is 3. The van der Waals surface area contributed by atoms with Gasteiger partial charge in [0.1, 0.15) is 13.2 Å². The second kappa shape index (κ2) is 68.3. The molecular weight excluding hydrogens is 985 g/mol. The zero-order chi connectivity index (χ0) is 57.8. The summed E-state index contributed by atoms with van der Waals surface area (Å²) in [6.45, 7) is 6.55. The zero-order valence-corrected chi connectivity index (χ0v) is 53.3. The number of esters is 3. The maximum absolute atomic E-state index is 12.9. The second-order valence-corrected chi connectivity index (χ2v) is 23.4. The summed E-state index contributed by atoms with van der Waals surface area (Å²) in [4.78, 5) is 38.4. The van der Waals surface area contributed by atoms with Gasteiger partial charge in [0, 0.05) is 19.3 Å². The molecule has 6 heteroatoms. The number of allylic oxidation sites excluding steroid dienone is 12. The minimum absolute atomic E-state index is 0.0752. The summed E-state index contributed by atoms with van der Waals surface area (Å²) in [6.07, 6.45) is 89.3. The zero-order valence-electron chi connectivity index (χ0n) is 53.3. The standard InChI is InChI=1S/C74H132O6/c1-4-7-10-13-16-19-22-25-28-30-31-32-33-34-35-36-37-38-39-40-41-42-43-44-47-49-52-55-58-61-64-67-73(76)79-70-71(69-78-72(75)66-63-60-57-54-51-48-45-27-24-21-18-15-12-9-6-3)80-74(77)68-65-62-59-56-53-50-46-29-26-23-20-17-14-11-8-5-2/h7,10,16,19-20,23,25,28-29,31-32,46,71H,4-6,8-9,11-15,17-18,21-22,24,26-27,30,33-45,47-70H2,1-3H3/b10-7-,19-16-,23-20-,28-25-,32-31-,46-29-. The van der Waals surface area contributed by atoms with Crippen LogP contribution in [0.4, 0.5) is 0 Å². The highest BCUT2D eigenvalue weighted by molar-refractivity contribution is 5.71. The van der Waals surface area contributed by atoms with Crippen molar-refractivity contribution in [3.05, 3.63) is 72.9 Å². The molecule has 0 aromatic rings. The van der Waals surface area contributed by atoms with E-state index in [-0.39, 0.29) is 31.1 Å². The Morgan fingerprint density at radius 2 is 0.487 bits per heavy atom. The summed E-state index contributed by atoms with van der Waals surface area (Å²) in [5.74, 6) is -0.866. The summed E-state index contributed by atoms with van der Waals surface area (Å²) in [5, 5.41) is 0. The third-order valence-corrected chi connectivity index (χ3v) is 15.4. The van der Waals surface area contributed by atoms with E-state index in [4.69, 9.17) is 14.2 Å². The van der Waals surface area contributed by atoms with Crippen LogP contribution < -0.4 is 0 Å². The van der Waals surface area contributed by atoms with E-state index in [1.54, 1.807) is 0 Å². The Morgan fingerprint density at radius 1 is 0.263 bits per heavy atom. The Morgan fingerprint density at radius 3 is 0.775 bits per heavy atom. The van der Waals surface area contributed by atoms with Gasteiger partial charge in [-0.05, 0) is 89.9 Å². The molecule has 0 aliphatic rings. The van der Waals surface area contributed by atoms with Crippen LogP contribution in [0.3, 0.4) is 0 Å². The minimum atomic E-state index is -0.780. The van der Waals surface area contributed by atoms with Crippen molar-refractivity contribution < 1.29 is 28.6 Å². The van der Waals surface area contributed by atoms with Gasteiger partial charge in [0.25, 0.3) is 0 Å². The highest BCUT2D eigenvalue weighted by Gasteiger charge is 2.19. The average Bonchev–Trinajstić information content (AvgIpc) is 3.46. The number of hydrogen-bond acceptors (Lipinski definition) is 6. The Bertz CT molecular complexity index is 1470. The fourth-order valence-corrected chi connectivity index (χ4v) is 10.2. The molecule has 0 aromatic carbocycles. The van der Waals surface area contributed by atoms with Crippen molar-refractivity contribution in [1.82, 2.24) is 0 Å². The molecule has 1 atom stereocenters. The van der Waals surface area contributed by atoms with Crippen molar-refractivity contribution in [2.45, 2.75) is 367 Å². The van der Waals surface area contributed by atoms with Crippen LogP contribution in [0.1, 0.15) is 361 Å². The lowest BCUT2D eigenvalue weighted by molar-refractivity contribution is -0.167. The lowest BCUT2D eigenvalue weighted by atomic mass is 10.0. The molecule has 0 fully saturated rings. The molecule has 0 aromatic heterocycles. The van der Waals surface area contributed by atoms with Crippen molar-refractivity contribution in [2.75, 3.05) is 13.2 Å². The lowest BCUT2D eigenvalue weighted by Crippen LogP contribution is -2.30. The molecule has 0 saturated heterocycles. The van der Waals surface area contributed by atoms with Crippen molar-refractivity contribution in [3.63, 3.8) is 0 Å². The molecule has 0 bridgehead atoms. The molecule has 0 rings (SSSR count). The Hall–Kier alpha value is -3.15. The summed E-state index contributed by atoms with van der Waals surface area (Å²) in [7, 11) is 0. The van der Waals surface area contributed by atoms with Crippen LogP contribution in [0.25, 0.3) is 0 Å². The monoisotopic (exact) mass is 1120 g/mol. The van der Waals surface area contributed by atoms with E-state index in [1.807, 2.05) is 0 Å². The molecule has 0 N–H and O–H groups in total. The third kappa shape index (κ3) is 65.7. The smallest absolute Gasteiger partial charge is 0.306 e. The van der Waals surface area contributed by atoms with E-state index >= 15 is 0 Å². The van der Waals surface area contributed by atoms with Crippen molar-refractivity contribution in [2.24, 2.45) is 0 Å². The van der Waals surface area contributed by atoms with Gasteiger partial charge in [0.15, 0.2) is 6.10 Å². The largest absolute Gasteiger partial charge is 0.462 e. The highest BCUT2D eigenvalue weighted by atomic mass is 16.6. The first-order valence-corrected chi connectivity index (χ1v) is 34.9. The van der Waals surface area contributed by atoms with E-state index in [1.165, 1.54) is 212 Å². The maximum Gasteiger partial charge on any atom is 0.306 e. The first-order chi connectivity index (χ1) is 39.5. The van der Waals surface area contributed by atoms with Crippen molar-refractivity contribution in [1.29, 1.82) is 0 Å². The van der Waals surface area contributed by atoms with E-state index in [0.29, 0.717) is 19.3 Å². The Kier molecular flexibility index (Phi) is 65.7. The van der Waals surface area contributed by atoms with E-state index in [9.17, 15) is 14.4 Å². The minimum Gasteiger partial charge on any atom is -0.462 e. The van der Waals surface area contributed by atoms with Crippen LogP contribution in [-0.4, -0.2) is 37.2 Å². The molecule has 0 radical (unpaired) electrons. The SMILES string of the molecule is CC/C=C\C/C=C\C/C=C\C/C=C\CCCCCCCCCCCCCCCCCCCCC(=O)OCC(COC(=O)CCCCCCCCCCCCCCCCC)OC(=O)CCCCCCC/C=C\C/C=C\CCCCCC. The van der Waals surface area contributed by atoms with Gasteiger partial charge in [-0.25, -0.2) is 0 Å². The highest BCUT2D eigenvalue weighted by Crippen LogP contribution is 2.18. The van der Waals surface area contributed by atoms with Crippen LogP contribution in [0.2, 0.25) is 0 Å². The van der Waals surface area contributed by atoms with E-state index in [2.05, 4.69) is 93.7 Å². The molecule has 464 valence electrons. The van der Waals surface area contributed by atoms with Gasteiger partial charge in [0.05, 0.1) is 0 Å². The quantitative estimate of drug-likeness (QED) is 0.0261. The summed E-state index contributed by atoms with van der Waals surface area (Å²) >= 11 is 0. The van der Waals surface area contributed by atoms with Gasteiger partial charge in [-0.2, -0.15) is 0 Å². The fourth-order valence-electron chi connectivity index (χ4n) is 10.2. The van der Waals surface area contributed by atoms with Crippen LogP contribution in [-0.2, 0) is 28.6 Å². The Labute approximate surface area is 497 Å². The molecule has 1 unspecified atom stereocenters. The van der Waals surface area contributed by atoms with Gasteiger partial charge in [0.2, 0.25) is 0 Å². The first-order valence-electron chi connectivity index (χ1n) is 34.9. The van der Waals surface area contributed by atoms with Crippen LogP contribution >= 0.6 is 0 Å². The van der Waals surface area contributed by atoms with Gasteiger partial charge in [-0.3, -0.25) is 14.4 Å². The molecule has 0 heterocycles. The molecule has 0 aliphatic heterocycles. The molecule has 80 heavy (non-hydrogen) atoms. The molecule has 6 nitrogen and oxygen atoms in total. The summed E-state index contributed by atoms with van der Waals surface area (Å²) < 4.78 is 17.0. The topological polar surface area (TPSA) is 78.9 Å². The van der Waals surface area contributed by atoms with E-state index in [0.717, 1.165) is 109 Å². The van der Waals surface area contributed by atoms with Crippen molar-refractivity contribution >= 4 is 17.9 Å². The predicted octanol–water partition coefficient (Wildman–Crippen LogP) is 24.1. The van der Waals surface area contributed by atoms with Gasteiger partial charge in [-0.15, -0.1) is 0 Å². The first kappa shape index (κ1) is 76.9. The number of rotatable bonds is 64. The predicted molar refractivity (Wildman–Crippen MR) is 348 cm³/mol. The van der Waals surface area contributed by atoms with Crippen LogP contribution in [0.15, 0.2) is 72.9 Å². The normalized spacial score (nSPS) is 12.5. The van der Waals surface area contributed by atoms with E-state index < -0.39 is 6.10 Å². The van der Waals surface area contributed by atoms with Gasteiger partial charge in [-0.1, -0.05) is 325 Å². The second-order valence-electron chi connectivity index (χ2n) is 23.4.